The molecule has 1 heterocycles. The van der Waals surface area contributed by atoms with Crippen LogP contribution in [0.1, 0.15) is 39.3 Å². The fourth-order valence-electron chi connectivity index (χ4n) is 2.67. The zero-order valence-electron chi connectivity index (χ0n) is 15.8. The van der Waals surface area contributed by atoms with Crippen LogP contribution in [0.2, 0.25) is 0 Å². The van der Waals surface area contributed by atoms with Crippen molar-refractivity contribution in [1.29, 1.82) is 0 Å². The standard InChI is InChI=1S/C19H25N3O3S/c1-11(2)10-25-18(24)16-12(3)22(5)19(26)21-17(16)14-7-6-8-15(9-14)20-13(4)23/h6-9,11,17H,10H2,1-5H3,(H,20,23)(H,21,26)/t17-/m1/s1. The summed E-state index contributed by atoms with van der Waals surface area (Å²) >= 11 is 5.39. The highest BCUT2D eigenvalue weighted by molar-refractivity contribution is 7.80. The van der Waals surface area contributed by atoms with Crippen LogP contribution in [-0.4, -0.2) is 35.5 Å². The van der Waals surface area contributed by atoms with Crippen molar-refractivity contribution in [2.24, 2.45) is 5.92 Å². The summed E-state index contributed by atoms with van der Waals surface area (Å²) in [5.41, 5.74) is 2.75. The Balaban J connectivity index is 2.42. The van der Waals surface area contributed by atoms with Gasteiger partial charge in [-0.05, 0) is 42.8 Å². The van der Waals surface area contributed by atoms with Crippen molar-refractivity contribution >= 4 is 34.9 Å². The molecule has 1 aliphatic heterocycles. The van der Waals surface area contributed by atoms with Crippen molar-refractivity contribution in [3.63, 3.8) is 0 Å². The Morgan fingerprint density at radius 2 is 2.08 bits per heavy atom. The average molecular weight is 375 g/mol. The van der Waals surface area contributed by atoms with Crippen LogP contribution >= 0.6 is 12.2 Å². The summed E-state index contributed by atoms with van der Waals surface area (Å²) in [4.78, 5) is 25.8. The van der Waals surface area contributed by atoms with Crippen LogP contribution in [0.15, 0.2) is 35.5 Å². The largest absolute Gasteiger partial charge is 0.462 e. The number of hydrogen-bond acceptors (Lipinski definition) is 4. The van der Waals surface area contributed by atoms with E-state index in [1.807, 2.05) is 46.0 Å². The maximum atomic E-state index is 12.8. The van der Waals surface area contributed by atoms with Crippen LogP contribution in [0.25, 0.3) is 0 Å². The first-order chi connectivity index (χ1) is 12.2. The Bertz CT molecular complexity index is 758. The second kappa shape index (κ2) is 8.31. The molecule has 1 amide bonds. The SMILES string of the molecule is CC(=O)Nc1cccc([C@H]2NC(=S)N(C)C(C)=C2C(=O)OCC(C)C)c1. The number of thiocarbonyl (C=S) groups is 1. The zero-order chi connectivity index (χ0) is 19.4. The minimum atomic E-state index is -0.438. The van der Waals surface area contributed by atoms with Gasteiger partial charge in [-0.1, -0.05) is 26.0 Å². The maximum absolute atomic E-state index is 12.8. The molecule has 6 nitrogen and oxygen atoms in total. The number of carbonyl (C=O) groups excluding carboxylic acids is 2. The molecule has 2 rings (SSSR count). The Kier molecular flexibility index (Phi) is 6.37. The number of benzene rings is 1. The number of amides is 1. The topological polar surface area (TPSA) is 70.7 Å². The molecule has 2 N–H and O–H groups in total. The van der Waals surface area contributed by atoms with Crippen LogP contribution < -0.4 is 10.6 Å². The fourth-order valence-corrected chi connectivity index (χ4v) is 2.92. The molecular formula is C19H25N3O3S. The second-order valence-electron chi connectivity index (χ2n) is 6.74. The molecular weight excluding hydrogens is 350 g/mol. The van der Waals surface area contributed by atoms with Gasteiger partial charge in [0.1, 0.15) is 0 Å². The normalized spacial score (nSPS) is 17.2. The minimum Gasteiger partial charge on any atom is -0.462 e. The van der Waals surface area contributed by atoms with E-state index in [1.54, 1.807) is 11.0 Å². The van der Waals surface area contributed by atoms with Crippen LogP contribution in [0.4, 0.5) is 5.69 Å². The second-order valence-corrected chi connectivity index (χ2v) is 7.13. The number of nitrogens with zero attached hydrogens (tertiary/aromatic N) is 1. The van der Waals surface area contributed by atoms with E-state index in [0.717, 1.165) is 11.3 Å². The molecule has 26 heavy (non-hydrogen) atoms. The number of carbonyl (C=O) groups is 2. The van der Waals surface area contributed by atoms with Gasteiger partial charge in [0.15, 0.2) is 5.11 Å². The quantitative estimate of drug-likeness (QED) is 0.609. The van der Waals surface area contributed by atoms with Crippen LogP contribution in [0, 0.1) is 5.92 Å². The van der Waals surface area contributed by atoms with E-state index < -0.39 is 6.04 Å². The van der Waals surface area contributed by atoms with Crippen LogP contribution in [-0.2, 0) is 14.3 Å². The van der Waals surface area contributed by atoms with Gasteiger partial charge < -0.3 is 20.3 Å². The first-order valence-corrected chi connectivity index (χ1v) is 8.91. The van der Waals surface area contributed by atoms with E-state index in [1.165, 1.54) is 6.92 Å². The number of hydrogen-bond donors (Lipinski definition) is 2. The van der Waals surface area contributed by atoms with E-state index in [4.69, 9.17) is 17.0 Å². The highest BCUT2D eigenvalue weighted by Crippen LogP contribution is 2.32. The molecule has 0 aliphatic carbocycles. The Morgan fingerprint density at radius 3 is 2.69 bits per heavy atom. The van der Waals surface area contributed by atoms with Gasteiger partial charge in [0.2, 0.25) is 5.91 Å². The Labute approximate surface area is 159 Å². The van der Waals surface area contributed by atoms with Crippen molar-refractivity contribution in [3.05, 3.63) is 41.1 Å². The van der Waals surface area contributed by atoms with Gasteiger partial charge in [-0.25, -0.2) is 4.79 Å². The average Bonchev–Trinajstić information content (AvgIpc) is 2.57. The molecule has 0 aromatic heterocycles. The highest BCUT2D eigenvalue weighted by atomic mass is 32.1. The van der Waals surface area contributed by atoms with Gasteiger partial charge in [-0.3, -0.25) is 4.79 Å². The van der Waals surface area contributed by atoms with Crippen molar-refractivity contribution < 1.29 is 14.3 Å². The lowest BCUT2D eigenvalue weighted by Gasteiger charge is -2.35. The molecule has 0 saturated heterocycles. The lowest BCUT2D eigenvalue weighted by molar-refractivity contribution is -0.140. The first kappa shape index (κ1) is 19.9. The van der Waals surface area contributed by atoms with Gasteiger partial charge in [-0.15, -0.1) is 0 Å². The predicted molar refractivity (Wildman–Crippen MR) is 105 cm³/mol. The van der Waals surface area contributed by atoms with Gasteiger partial charge in [0.25, 0.3) is 0 Å². The third-order valence-corrected chi connectivity index (χ3v) is 4.45. The van der Waals surface area contributed by atoms with E-state index >= 15 is 0 Å². The van der Waals surface area contributed by atoms with Gasteiger partial charge >= 0.3 is 5.97 Å². The van der Waals surface area contributed by atoms with Crippen molar-refractivity contribution in [2.45, 2.75) is 33.7 Å². The van der Waals surface area contributed by atoms with E-state index in [0.29, 0.717) is 23.0 Å². The molecule has 0 fully saturated rings. The predicted octanol–water partition coefficient (Wildman–Crippen LogP) is 2.98. The molecule has 0 radical (unpaired) electrons. The molecule has 1 aromatic rings. The zero-order valence-corrected chi connectivity index (χ0v) is 16.6. The molecule has 0 unspecified atom stereocenters. The fraction of sp³-hybridized carbons (Fsp3) is 0.421. The molecule has 0 saturated carbocycles. The molecule has 140 valence electrons. The number of esters is 1. The lowest BCUT2D eigenvalue weighted by atomic mass is 9.94. The summed E-state index contributed by atoms with van der Waals surface area (Å²) in [5.74, 6) is -0.276. The third-order valence-electron chi connectivity index (χ3n) is 4.06. The number of allylic oxidation sites excluding steroid dienone is 1. The smallest absolute Gasteiger partial charge is 0.338 e. The van der Waals surface area contributed by atoms with Crippen molar-refractivity contribution in [3.8, 4) is 0 Å². The molecule has 7 heteroatoms. The number of nitrogens with one attached hydrogen (secondary N) is 2. The Hall–Kier alpha value is -2.41. The number of rotatable bonds is 5. The van der Waals surface area contributed by atoms with Gasteiger partial charge in [-0.2, -0.15) is 0 Å². The summed E-state index contributed by atoms with van der Waals surface area (Å²) in [6.45, 7) is 7.63. The molecule has 1 aromatic carbocycles. The van der Waals surface area contributed by atoms with E-state index in [2.05, 4.69) is 10.6 Å². The lowest BCUT2D eigenvalue weighted by Crippen LogP contribution is -2.46. The highest BCUT2D eigenvalue weighted by Gasteiger charge is 2.33. The van der Waals surface area contributed by atoms with E-state index in [9.17, 15) is 9.59 Å². The molecule has 1 aliphatic rings. The number of anilines is 1. The summed E-state index contributed by atoms with van der Waals surface area (Å²) in [6, 6.07) is 6.91. The van der Waals surface area contributed by atoms with Crippen molar-refractivity contribution in [2.75, 3.05) is 19.0 Å². The first-order valence-electron chi connectivity index (χ1n) is 8.50. The van der Waals surface area contributed by atoms with Gasteiger partial charge in [0.05, 0.1) is 18.2 Å². The molecule has 0 spiro atoms. The minimum absolute atomic E-state index is 0.155. The summed E-state index contributed by atoms with van der Waals surface area (Å²) in [5, 5.41) is 6.48. The van der Waals surface area contributed by atoms with Gasteiger partial charge in [0, 0.05) is 25.4 Å². The monoisotopic (exact) mass is 375 g/mol. The summed E-state index contributed by atoms with van der Waals surface area (Å²) < 4.78 is 5.47. The number of ether oxygens (including phenoxy) is 1. The van der Waals surface area contributed by atoms with Crippen LogP contribution in [0.5, 0.6) is 0 Å². The molecule has 1 atom stereocenters. The maximum Gasteiger partial charge on any atom is 0.338 e. The van der Waals surface area contributed by atoms with Crippen molar-refractivity contribution in [1.82, 2.24) is 10.2 Å². The third kappa shape index (κ3) is 4.60. The summed E-state index contributed by atoms with van der Waals surface area (Å²) in [6.07, 6.45) is 0. The Morgan fingerprint density at radius 1 is 1.38 bits per heavy atom. The van der Waals surface area contributed by atoms with E-state index in [-0.39, 0.29) is 17.8 Å². The molecule has 0 bridgehead atoms. The summed E-state index contributed by atoms with van der Waals surface area (Å²) in [7, 11) is 1.81. The van der Waals surface area contributed by atoms with Crippen LogP contribution in [0.3, 0.4) is 0 Å².